The van der Waals surface area contributed by atoms with Crippen LogP contribution in [0.5, 0.6) is 0 Å². The molecule has 2 rings (SSSR count). The van der Waals surface area contributed by atoms with Gasteiger partial charge in [-0.3, -0.25) is 14.5 Å². The minimum absolute atomic E-state index is 0.188. The van der Waals surface area contributed by atoms with Gasteiger partial charge in [0.25, 0.3) is 11.5 Å². The number of benzene rings is 1. The van der Waals surface area contributed by atoms with Gasteiger partial charge < -0.3 is 5.32 Å². The van der Waals surface area contributed by atoms with E-state index >= 15 is 0 Å². The van der Waals surface area contributed by atoms with Crippen molar-refractivity contribution in [1.29, 1.82) is 0 Å². The first-order valence-electron chi connectivity index (χ1n) is 9.23. The third-order valence-corrected chi connectivity index (χ3v) is 4.31. The Bertz CT molecular complexity index is 764. The summed E-state index contributed by atoms with van der Waals surface area (Å²) < 4.78 is 1.33. The molecule has 0 radical (unpaired) electrons. The molecule has 140 valence electrons. The molecule has 0 saturated heterocycles. The Morgan fingerprint density at radius 3 is 2.31 bits per heavy atom. The predicted octanol–water partition coefficient (Wildman–Crippen LogP) is 2.43. The number of aryl methyl sites for hydroxylation is 1. The van der Waals surface area contributed by atoms with Crippen LogP contribution in [-0.2, 0) is 19.6 Å². The summed E-state index contributed by atoms with van der Waals surface area (Å²) in [7, 11) is 0. The van der Waals surface area contributed by atoms with Crippen molar-refractivity contribution in [3.05, 3.63) is 63.6 Å². The molecule has 1 heterocycles. The van der Waals surface area contributed by atoms with Crippen molar-refractivity contribution in [1.82, 2.24) is 20.0 Å². The number of rotatable bonds is 9. The van der Waals surface area contributed by atoms with E-state index in [0.29, 0.717) is 13.1 Å². The average molecular weight is 356 g/mol. The number of amides is 1. The van der Waals surface area contributed by atoms with Crippen molar-refractivity contribution < 1.29 is 4.79 Å². The van der Waals surface area contributed by atoms with E-state index in [2.05, 4.69) is 41.3 Å². The second kappa shape index (κ2) is 9.87. The van der Waals surface area contributed by atoms with Gasteiger partial charge in [-0.25, -0.2) is 4.68 Å². The number of hydrogen-bond donors (Lipinski definition) is 1. The average Bonchev–Trinajstić information content (AvgIpc) is 2.67. The van der Waals surface area contributed by atoms with Gasteiger partial charge in [0, 0.05) is 25.7 Å². The quantitative estimate of drug-likeness (QED) is 0.749. The van der Waals surface area contributed by atoms with Crippen LogP contribution in [0.25, 0.3) is 0 Å². The first kappa shape index (κ1) is 19.8. The van der Waals surface area contributed by atoms with Gasteiger partial charge >= 0.3 is 0 Å². The summed E-state index contributed by atoms with van der Waals surface area (Å²) in [4.78, 5) is 26.3. The maximum Gasteiger partial charge on any atom is 0.271 e. The highest BCUT2D eigenvalue weighted by Gasteiger charge is 2.09. The van der Waals surface area contributed by atoms with Crippen molar-refractivity contribution in [2.24, 2.45) is 0 Å². The van der Waals surface area contributed by atoms with E-state index in [1.165, 1.54) is 22.4 Å². The van der Waals surface area contributed by atoms with Crippen molar-refractivity contribution >= 4 is 5.91 Å². The van der Waals surface area contributed by atoms with E-state index in [1.807, 2.05) is 19.1 Å². The van der Waals surface area contributed by atoms with Gasteiger partial charge in [-0.05, 0) is 36.7 Å². The summed E-state index contributed by atoms with van der Waals surface area (Å²) in [5.74, 6) is -0.276. The maximum absolute atomic E-state index is 12.3. The number of carbonyl (C=O) groups excluding carboxylic acids is 1. The van der Waals surface area contributed by atoms with Crippen LogP contribution in [0.15, 0.2) is 41.2 Å². The fourth-order valence-electron chi connectivity index (χ4n) is 2.68. The molecule has 0 spiro atoms. The van der Waals surface area contributed by atoms with Crippen molar-refractivity contribution in [3.8, 4) is 0 Å². The second-order valence-corrected chi connectivity index (χ2v) is 6.24. The number of nitrogens with one attached hydrogen (secondary N) is 1. The van der Waals surface area contributed by atoms with E-state index < -0.39 is 0 Å². The molecular weight excluding hydrogens is 328 g/mol. The molecule has 0 aliphatic rings. The lowest BCUT2D eigenvalue weighted by Gasteiger charge is -2.18. The highest BCUT2D eigenvalue weighted by molar-refractivity contribution is 5.91. The lowest BCUT2D eigenvalue weighted by Crippen LogP contribution is -2.29. The van der Waals surface area contributed by atoms with Gasteiger partial charge in [-0.15, -0.1) is 0 Å². The molecule has 6 heteroatoms. The van der Waals surface area contributed by atoms with E-state index in [0.717, 1.165) is 31.6 Å². The molecular formula is C20H28N4O2. The van der Waals surface area contributed by atoms with Crippen LogP contribution in [0, 0.1) is 0 Å². The monoisotopic (exact) mass is 356 g/mol. The Morgan fingerprint density at radius 2 is 1.69 bits per heavy atom. The number of hydrogen-bond acceptors (Lipinski definition) is 4. The zero-order valence-electron chi connectivity index (χ0n) is 15.9. The van der Waals surface area contributed by atoms with Crippen LogP contribution in [0.3, 0.4) is 0 Å². The summed E-state index contributed by atoms with van der Waals surface area (Å²) in [5, 5.41) is 6.99. The fraction of sp³-hybridized carbons (Fsp3) is 0.450. The van der Waals surface area contributed by atoms with Gasteiger partial charge in [-0.2, -0.15) is 5.10 Å². The largest absolute Gasteiger partial charge is 0.347 e. The van der Waals surface area contributed by atoms with Gasteiger partial charge in [-0.1, -0.05) is 45.0 Å². The maximum atomic E-state index is 12.3. The van der Waals surface area contributed by atoms with Gasteiger partial charge in [0.05, 0.1) is 0 Å². The van der Waals surface area contributed by atoms with Crippen LogP contribution in [0.1, 0.15) is 48.8 Å². The Balaban J connectivity index is 1.95. The molecule has 26 heavy (non-hydrogen) atoms. The van der Waals surface area contributed by atoms with Gasteiger partial charge in [0.15, 0.2) is 0 Å². The van der Waals surface area contributed by atoms with Crippen molar-refractivity contribution in [2.75, 3.05) is 13.1 Å². The number of nitrogens with zero attached hydrogens (tertiary/aromatic N) is 3. The smallest absolute Gasteiger partial charge is 0.271 e. The van der Waals surface area contributed by atoms with E-state index in [9.17, 15) is 9.59 Å². The van der Waals surface area contributed by atoms with Crippen molar-refractivity contribution in [2.45, 2.75) is 46.8 Å². The zero-order valence-corrected chi connectivity index (χ0v) is 15.9. The first-order valence-corrected chi connectivity index (χ1v) is 9.23. The summed E-state index contributed by atoms with van der Waals surface area (Å²) >= 11 is 0. The van der Waals surface area contributed by atoms with E-state index in [1.54, 1.807) is 0 Å². The first-order chi connectivity index (χ1) is 12.6. The molecule has 1 aromatic carbocycles. The fourth-order valence-corrected chi connectivity index (χ4v) is 2.68. The molecule has 1 N–H and O–H groups in total. The number of carbonyl (C=O) groups is 1. The summed E-state index contributed by atoms with van der Waals surface area (Å²) in [5.41, 5.74) is 2.36. The summed E-state index contributed by atoms with van der Waals surface area (Å²) in [6, 6.07) is 11.1. The van der Waals surface area contributed by atoms with E-state index in [4.69, 9.17) is 0 Å². The molecule has 0 unspecified atom stereocenters. The Morgan fingerprint density at radius 1 is 1.04 bits per heavy atom. The van der Waals surface area contributed by atoms with Crippen molar-refractivity contribution in [3.63, 3.8) is 0 Å². The topological polar surface area (TPSA) is 67.2 Å². The lowest BCUT2D eigenvalue weighted by molar-refractivity contribution is 0.0943. The van der Waals surface area contributed by atoms with Crippen LogP contribution < -0.4 is 10.9 Å². The highest BCUT2D eigenvalue weighted by Crippen LogP contribution is 2.08. The second-order valence-electron chi connectivity index (χ2n) is 6.24. The molecule has 0 atom stereocenters. The molecule has 1 aromatic heterocycles. The molecule has 0 aliphatic carbocycles. The molecule has 2 aromatic rings. The Labute approximate surface area is 154 Å². The minimum Gasteiger partial charge on any atom is -0.347 e. The summed E-state index contributed by atoms with van der Waals surface area (Å²) in [6.45, 7) is 10.2. The van der Waals surface area contributed by atoms with Crippen LogP contribution >= 0.6 is 0 Å². The van der Waals surface area contributed by atoms with E-state index in [-0.39, 0.29) is 17.2 Å². The van der Waals surface area contributed by atoms with Crippen LogP contribution in [-0.4, -0.2) is 33.7 Å². The number of aromatic nitrogens is 2. The normalized spacial score (nSPS) is 10.9. The van der Waals surface area contributed by atoms with Gasteiger partial charge in [0.2, 0.25) is 0 Å². The molecule has 0 fully saturated rings. The molecule has 0 aliphatic heterocycles. The molecule has 1 amide bonds. The Kier molecular flexibility index (Phi) is 7.53. The third-order valence-electron chi connectivity index (χ3n) is 4.31. The summed E-state index contributed by atoms with van der Waals surface area (Å²) in [6.07, 6.45) is 0.790. The minimum atomic E-state index is -0.276. The third kappa shape index (κ3) is 5.52. The molecule has 0 saturated carbocycles. The Hall–Kier alpha value is -2.47. The molecule has 0 bridgehead atoms. The predicted molar refractivity (Wildman–Crippen MR) is 103 cm³/mol. The SMILES string of the molecule is CCCn1nc(C(=O)NCc2ccc(CN(CC)CC)cc2)ccc1=O. The standard InChI is InChI=1S/C20H28N4O2/c1-4-13-24-19(25)12-11-18(22-24)20(26)21-14-16-7-9-17(10-8-16)15-23(5-2)6-3/h7-12H,4-6,13-15H2,1-3H3,(H,21,26). The zero-order chi connectivity index (χ0) is 18.9. The molecule has 6 nitrogen and oxygen atoms in total. The lowest BCUT2D eigenvalue weighted by atomic mass is 10.1. The van der Waals surface area contributed by atoms with Gasteiger partial charge in [0.1, 0.15) is 5.69 Å². The highest BCUT2D eigenvalue weighted by atomic mass is 16.2. The van der Waals surface area contributed by atoms with Crippen LogP contribution in [0.2, 0.25) is 0 Å². The van der Waals surface area contributed by atoms with Crippen LogP contribution in [0.4, 0.5) is 0 Å².